The van der Waals surface area contributed by atoms with Crippen LogP contribution >= 0.6 is 11.8 Å². The zero-order chi connectivity index (χ0) is 10.7. The van der Waals surface area contributed by atoms with E-state index in [4.69, 9.17) is 0 Å². The molecular formula is C11H20N2OS. The molecule has 2 aliphatic heterocycles. The first kappa shape index (κ1) is 11.3. The van der Waals surface area contributed by atoms with E-state index in [1.54, 1.807) is 0 Å². The lowest BCUT2D eigenvalue weighted by Gasteiger charge is -2.35. The molecular weight excluding hydrogens is 208 g/mol. The topological polar surface area (TPSA) is 23.6 Å². The van der Waals surface area contributed by atoms with Crippen molar-refractivity contribution < 1.29 is 4.79 Å². The molecule has 0 bridgehead atoms. The summed E-state index contributed by atoms with van der Waals surface area (Å²) in [6.07, 6.45) is 2.19. The number of piperazine rings is 1. The molecule has 0 atom stereocenters. The third-order valence-corrected chi connectivity index (χ3v) is 4.43. The van der Waals surface area contributed by atoms with Gasteiger partial charge in [0.2, 0.25) is 5.91 Å². The first-order valence-corrected chi connectivity index (χ1v) is 6.98. The highest BCUT2D eigenvalue weighted by molar-refractivity contribution is 7.99. The Balaban J connectivity index is 1.84. The standard InChI is InChI=1S/C11H20N2OS/c1-12-4-6-13(7-5-12)11(14)10-2-8-15-9-3-10/h10H,2-9H2,1H3. The number of amides is 1. The Morgan fingerprint density at radius 2 is 1.73 bits per heavy atom. The van der Waals surface area contributed by atoms with E-state index in [2.05, 4.69) is 16.8 Å². The van der Waals surface area contributed by atoms with Gasteiger partial charge in [-0.15, -0.1) is 0 Å². The summed E-state index contributed by atoms with van der Waals surface area (Å²) in [4.78, 5) is 16.5. The maximum atomic E-state index is 12.2. The molecule has 15 heavy (non-hydrogen) atoms. The van der Waals surface area contributed by atoms with Crippen molar-refractivity contribution >= 4 is 17.7 Å². The molecule has 2 rings (SSSR count). The van der Waals surface area contributed by atoms with Gasteiger partial charge in [0.15, 0.2) is 0 Å². The van der Waals surface area contributed by atoms with Gasteiger partial charge < -0.3 is 9.80 Å². The molecule has 3 nitrogen and oxygen atoms in total. The lowest BCUT2D eigenvalue weighted by atomic mass is 10.0. The Labute approximate surface area is 96.2 Å². The Bertz CT molecular complexity index is 221. The average molecular weight is 228 g/mol. The molecule has 0 unspecified atom stereocenters. The van der Waals surface area contributed by atoms with Gasteiger partial charge in [-0.1, -0.05) is 0 Å². The first-order chi connectivity index (χ1) is 7.27. The number of thioether (sulfide) groups is 1. The predicted octanol–water partition coefficient (Wildman–Crippen LogP) is 0.904. The van der Waals surface area contributed by atoms with Crippen molar-refractivity contribution in [2.45, 2.75) is 12.8 Å². The summed E-state index contributed by atoms with van der Waals surface area (Å²) in [5, 5.41) is 0. The van der Waals surface area contributed by atoms with Crippen LogP contribution in [0, 0.1) is 5.92 Å². The Hall–Kier alpha value is -0.220. The largest absolute Gasteiger partial charge is 0.340 e. The van der Waals surface area contributed by atoms with Crippen molar-refractivity contribution in [3.63, 3.8) is 0 Å². The second-order valence-corrected chi connectivity index (χ2v) is 5.74. The third kappa shape index (κ3) is 2.88. The van der Waals surface area contributed by atoms with Crippen LogP contribution in [0.25, 0.3) is 0 Å². The third-order valence-electron chi connectivity index (χ3n) is 3.39. The molecule has 2 heterocycles. The molecule has 2 saturated heterocycles. The van der Waals surface area contributed by atoms with Gasteiger partial charge in [-0.25, -0.2) is 0 Å². The SMILES string of the molecule is CN1CCN(C(=O)C2CCSCC2)CC1. The van der Waals surface area contributed by atoms with Gasteiger partial charge in [-0.05, 0) is 31.4 Å². The second-order valence-electron chi connectivity index (χ2n) is 4.52. The maximum Gasteiger partial charge on any atom is 0.225 e. The Morgan fingerprint density at radius 1 is 1.13 bits per heavy atom. The molecule has 0 spiro atoms. The van der Waals surface area contributed by atoms with Crippen molar-refractivity contribution in [2.24, 2.45) is 5.92 Å². The molecule has 0 N–H and O–H groups in total. The number of carbonyl (C=O) groups excluding carboxylic acids is 1. The van der Waals surface area contributed by atoms with Crippen LogP contribution in [0.5, 0.6) is 0 Å². The number of carbonyl (C=O) groups is 1. The molecule has 86 valence electrons. The molecule has 0 radical (unpaired) electrons. The molecule has 2 aliphatic rings. The lowest BCUT2D eigenvalue weighted by Crippen LogP contribution is -2.49. The highest BCUT2D eigenvalue weighted by Crippen LogP contribution is 2.24. The van der Waals surface area contributed by atoms with Gasteiger partial charge in [0.05, 0.1) is 0 Å². The number of rotatable bonds is 1. The molecule has 4 heteroatoms. The van der Waals surface area contributed by atoms with Crippen molar-refractivity contribution in [2.75, 3.05) is 44.7 Å². The fourth-order valence-corrected chi connectivity index (χ4v) is 3.34. The molecule has 0 aromatic heterocycles. The smallest absolute Gasteiger partial charge is 0.225 e. The maximum absolute atomic E-state index is 12.2. The fraction of sp³-hybridized carbons (Fsp3) is 0.909. The van der Waals surface area contributed by atoms with Crippen LogP contribution in [0.3, 0.4) is 0 Å². The molecule has 0 aromatic rings. The summed E-state index contributed by atoms with van der Waals surface area (Å²) < 4.78 is 0. The summed E-state index contributed by atoms with van der Waals surface area (Å²) in [7, 11) is 2.12. The number of likely N-dealkylation sites (N-methyl/N-ethyl adjacent to an activating group) is 1. The highest BCUT2D eigenvalue weighted by atomic mass is 32.2. The summed E-state index contributed by atoms with van der Waals surface area (Å²) >= 11 is 1.98. The number of hydrogen-bond acceptors (Lipinski definition) is 3. The van der Waals surface area contributed by atoms with Crippen LogP contribution < -0.4 is 0 Å². The molecule has 0 aromatic carbocycles. The fourth-order valence-electron chi connectivity index (χ4n) is 2.23. The zero-order valence-electron chi connectivity index (χ0n) is 9.45. The molecule has 1 amide bonds. The minimum atomic E-state index is 0.328. The van der Waals surface area contributed by atoms with Crippen LogP contribution in [0.15, 0.2) is 0 Å². The molecule has 2 fully saturated rings. The van der Waals surface area contributed by atoms with Crippen LogP contribution in [0.1, 0.15) is 12.8 Å². The van der Waals surface area contributed by atoms with Crippen LogP contribution in [-0.4, -0.2) is 60.4 Å². The van der Waals surface area contributed by atoms with E-state index in [1.807, 2.05) is 11.8 Å². The number of nitrogens with zero attached hydrogens (tertiary/aromatic N) is 2. The molecule has 0 aliphatic carbocycles. The highest BCUT2D eigenvalue weighted by Gasteiger charge is 2.27. The second kappa shape index (κ2) is 5.21. The van der Waals surface area contributed by atoms with Gasteiger partial charge in [0.1, 0.15) is 0 Å². The van der Waals surface area contributed by atoms with E-state index in [-0.39, 0.29) is 0 Å². The van der Waals surface area contributed by atoms with Crippen LogP contribution in [0.2, 0.25) is 0 Å². The van der Waals surface area contributed by atoms with Crippen molar-refractivity contribution in [1.29, 1.82) is 0 Å². The van der Waals surface area contributed by atoms with Crippen LogP contribution in [0.4, 0.5) is 0 Å². The van der Waals surface area contributed by atoms with E-state index in [0.29, 0.717) is 11.8 Å². The van der Waals surface area contributed by atoms with E-state index in [9.17, 15) is 4.79 Å². The van der Waals surface area contributed by atoms with Gasteiger partial charge in [-0.3, -0.25) is 4.79 Å². The first-order valence-electron chi connectivity index (χ1n) is 5.82. The lowest BCUT2D eigenvalue weighted by molar-refractivity contribution is -0.137. The van der Waals surface area contributed by atoms with E-state index in [1.165, 1.54) is 11.5 Å². The summed E-state index contributed by atoms with van der Waals surface area (Å²) in [5.41, 5.74) is 0. The van der Waals surface area contributed by atoms with Gasteiger partial charge >= 0.3 is 0 Å². The Kier molecular flexibility index (Phi) is 3.92. The van der Waals surface area contributed by atoms with Gasteiger partial charge in [0.25, 0.3) is 0 Å². The summed E-state index contributed by atoms with van der Waals surface area (Å²) in [6.45, 7) is 3.93. The van der Waals surface area contributed by atoms with E-state index < -0.39 is 0 Å². The minimum Gasteiger partial charge on any atom is -0.340 e. The summed E-state index contributed by atoms with van der Waals surface area (Å²) in [6, 6.07) is 0. The minimum absolute atomic E-state index is 0.328. The molecule has 0 saturated carbocycles. The normalized spacial score (nSPS) is 25.5. The van der Waals surface area contributed by atoms with Gasteiger partial charge in [-0.2, -0.15) is 11.8 Å². The predicted molar refractivity (Wildman–Crippen MR) is 64.1 cm³/mol. The van der Waals surface area contributed by atoms with Crippen LogP contribution in [-0.2, 0) is 4.79 Å². The van der Waals surface area contributed by atoms with Gasteiger partial charge in [0, 0.05) is 32.1 Å². The Morgan fingerprint density at radius 3 is 2.33 bits per heavy atom. The van der Waals surface area contributed by atoms with E-state index in [0.717, 1.165) is 39.0 Å². The van der Waals surface area contributed by atoms with Crippen molar-refractivity contribution in [3.8, 4) is 0 Å². The average Bonchev–Trinajstić information content (AvgIpc) is 2.30. The quantitative estimate of drug-likeness (QED) is 0.666. The summed E-state index contributed by atoms with van der Waals surface area (Å²) in [5.74, 6) is 3.09. The van der Waals surface area contributed by atoms with E-state index >= 15 is 0 Å². The van der Waals surface area contributed by atoms with Crippen molar-refractivity contribution in [3.05, 3.63) is 0 Å². The van der Waals surface area contributed by atoms with Crippen molar-refractivity contribution in [1.82, 2.24) is 9.80 Å². The zero-order valence-corrected chi connectivity index (χ0v) is 10.3. The monoisotopic (exact) mass is 228 g/mol. The number of hydrogen-bond donors (Lipinski definition) is 0.